The number of aryl methyl sites for hydroxylation is 1. The van der Waals surface area contributed by atoms with Crippen molar-refractivity contribution in [3.63, 3.8) is 0 Å². The van der Waals surface area contributed by atoms with E-state index >= 15 is 0 Å². The average molecular weight is 397 g/mol. The second-order valence-corrected chi connectivity index (χ2v) is 7.61. The highest BCUT2D eigenvalue weighted by atomic mass is 15.2. The number of nitrogens with two attached hydrogens (primary N) is 1. The molecule has 7 heteroatoms. The summed E-state index contributed by atoms with van der Waals surface area (Å²) >= 11 is 0. The Bertz CT molecular complexity index is 1220. The van der Waals surface area contributed by atoms with Crippen LogP contribution in [0.5, 0.6) is 0 Å². The van der Waals surface area contributed by atoms with Crippen LogP contribution in [0.15, 0.2) is 55.1 Å². The Morgan fingerprint density at radius 2 is 1.87 bits per heavy atom. The summed E-state index contributed by atoms with van der Waals surface area (Å²) in [6.07, 6.45) is 5.93. The first-order valence-corrected chi connectivity index (χ1v) is 10.0. The minimum Gasteiger partial charge on any atom is -0.397 e. The molecule has 3 N–H and O–H groups in total. The molecule has 0 bridgehead atoms. The molecule has 2 aromatic carbocycles. The van der Waals surface area contributed by atoms with Gasteiger partial charge >= 0.3 is 0 Å². The van der Waals surface area contributed by atoms with Gasteiger partial charge in [-0.15, -0.1) is 0 Å². The zero-order chi connectivity index (χ0) is 20.5. The Morgan fingerprint density at radius 1 is 1.00 bits per heavy atom. The minimum absolute atomic E-state index is 0.655. The fourth-order valence-electron chi connectivity index (χ4n) is 3.97. The maximum atomic E-state index is 6.29. The molecule has 150 valence electrons. The van der Waals surface area contributed by atoms with Crippen molar-refractivity contribution in [2.75, 3.05) is 22.5 Å². The first-order chi connectivity index (χ1) is 14.7. The van der Waals surface area contributed by atoms with Crippen molar-refractivity contribution in [2.24, 2.45) is 0 Å². The molecule has 0 atom stereocenters. The van der Waals surface area contributed by atoms with Gasteiger partial charge in [-0.2, -0.15) is 0 Å². The molecule has 0 unspecified atom stereocenters. The summed E-state index contributed by atoms with van der Waals surface area (Å²) in [5.41, 5.74) is 14.5. The third kappa shape index (κ3) is 3.50. The summed E-state index contributed by atoms with van der Waals surface area (Å²) < 4.78 is 0. The van der Waals surface area contributed by atoms with Crippen molar-refractivity contribution in [1.82, 2.24) is 19.9 Å². The van der Waals surface area contributed by atoms with E-state index in [9.17, 15) is 0 Å². The molecule has 0 aliphatic carbocycles. The van der Waals surface area contributed by atoms with Gasteiger partial charge in [0.05, 0.1) is 28.1 Å². The molecule has 4 aromatic rings. The topological polar surface area (TPSA) is 92.9 Å². The van der Waals surface area contributed by atoms with Crippen molar-refractivity contribution in [3.05, 3.63) is 77.5 Å². The van der Waals surface area contributed by atoms with Gasteiger partial charge in [0.1, 0.15) is 12.1 Å². The SMILES string of the molecule is Cc1ccc(N2CCc3ncnc(NCc4ccc5nccnc5c4)c3C2)c(N)c1. The number of nitrogens with one attached hydrogen (secondary N) is 1. The lowest BCUT2D eigenvalue weighted by molar-refractivity contribution is 0.707. The van der Waals surface area contributed by atoms with Crippen LogP contribution in [0.2, 0.25) is 0 Å². The highest BCUT2D eigenvalue weighted by molar-refractivity contribution is 5.74. The van der Waals surface area contributed by atoms with E-state index in [1.807, 2.05) is 12.1 Å². The number of nitrogens with zero attached hydrogens (tertiary/aromatic N) is 5. The van der Waals surface area contributed by atoms with E-state index in [1.165, 1.54) is 5.56 Å². The number of rotatable bonds is 4. The van der Waals surface area contributed by atoms with E-state index in [4.69, 9.17) is 5.73 Å². The van der Waals surface area contributed by atoms with Crippen LogP contribution >= 0.6 is 0 Å². The van der Waals surface area contributed by atoms with Crippen molar-refractivity contribution in [1.29, 1.82) is 0 Å². The third-order valence-corrected chi connectivity index (χ3v) is 5.52. The van der Waals surface area contributed by atoms with Crippen LogP contribution in [0.3, 0.4) is 0 Å². The van der Waals surface area contributed by atoms with Crippen LogP contribution < -0.4 is 16.0 Å². The lowest BCUT2D eigenvalue weighted by atomic mass is 10.0. The smallest absolute Gasteiger partial charge is 0.134 e. The molecule has 0 saturated heterocycles. The predicted octanol–water partition coefficient (Wildman–Crippen LogP) is 3.49. The van der Waals surface area contributed by atoms with Crippen LogP contribution in [0.1, 0.15) is 22.4 Å². The molecule has 30 heavy (non-hydrogen) atoms. The van der Waals surface area contributed by atoms with Gasteiger partial charge in [-0.25, -0.2) is 9.97 Å². The van der Waals surface area contributed by atoms with E-state index in [1.54, 1.807) is 18.7 Å². The zero-order valence-corrected chi connectivity index (χ0v) is 16.8. The summed E-state index contributed by atoms with van der Waals surface area (Å²) in [4.78, 5) is 20.1. The largest absolute Gasteiger partial charge is 0.397 e. The molecule has 7 nitrogen and oxygen atoms in total. The van der Waals surface area contributed by atoms with Gasteiger partial charge in [-0.05, 0) is 42.3 Å². The highest BCUT2D eigenvalue weighted by Gasteiger charge is 2.22. The van der Waals surface area contributed by atoms with Crippen LogP contribution in [0.4, 0.5) is 17.2 Å². The van der Waals surface area contributed by atoms with Crippen LogP contribution in [-0.2, 0) is 19.5 Å². The van der Waals surface area contributed by atoms with Crippen molar-refractivity contribution in [2.45, 2.75) is 26.4 Å². The number of nitrogen functional groups attached to an aromatic ring is 1. The van der Waals surface area contributed by atoms with Gasteiger partial charge in [0.2, 0.25) is 0 Å². The molecule has 3 heterocycles. The summed E-state index contributed by atoms with van der Waals surface area (Å²) in [5, 5.41) is 3.49. The molecule has 2 aromatic heterocycles. The molecule has 0 fully saturated rings. The first-order valence-electron chi connectivity index (χ1n) is 10.0. The number of benzene rings is 2. The monoisotopic (exact) mass is 397 g/mol. The molecule has 0 spiro atoms. The molecular weight excluding hydrogens is 374 g/mol. The zero-order valence-electron chi connectivity index (χ0n) is 16.8. The summed E-state index contributed by atoms with van der Waals surface area (Å²) in [5.74, 6) is 0.870. The molecular formula is C23H23N7. The van der Waals surface area contributed by atoms with E-state index in [0.717, 1.165) is 64.6 Å². The summed E-state index contributed by atoms with van der Waals surface area (Å²) in [6, 6.07) is 12.3. The van der Waals surface area contributed by atoms with Crippen LogP contribution in [0, 0.1) is 6.92 Å². The Morgan fingerprint density at radius 3 is 2.73 bits per heavy atom. The van der Waals surface area contributed by atoms with Crippen molar-refractivity contribution < 1.29 is 0 Å². The summed E-state index contributed by atoms with van der Waals surface area (Å²) in [7, 11) is 0. The van der Waals surface area contributed by atoms with E-state index < -0.39 is 0 Å². The van der Waals surface area contributed by atoms with E-state index in [2.05, 4.69) is 61.3 Å². The second kappa shape index (κ2) is 7.59. The fourth-order valence-corrected chi connectivity index (χ4v) is 3.97. The third-order valence-electron chi connectivity index (χ3n) is 5.52. The standard InChI is InChI=1S/C23H23N7/c1-15-2-5-22(18(24)10-15)30-9-6-19-17(13-30)23(29-14-28-19)27-12-16-3-4-20-21(11-16)26-8-7-25-20/h2-5,7-8,10-11,14H,6,9,12-13,24H2,1H3,(H,27,28,29). The maximum absolute atomic E-state index is 6.29. The van der Waals surface area contributed by atoms with E-state index in [-0.39, 0.29) is 0 Å². The Kier molecular flexibility index (Phi) is 4.63. The lowest BCUT2D eigenvalue weighted by Gasteiger charge is -2.32. The second-order valence-electron chi connectivity index (χ2n) is 7.61. The van der Waals surface area contributed by atoms with Crippen LogP contribution in [0.25, 0.3) is 11.0 Å². The predicted molar refractivity (Wildman–Crippen MR) is 119 cm³/mol. The van der Waals surface area contributed by atoms with Gasteiger partial charge in [0.15, 0.2) is 0 Å². The van der Waals surface area contributed by atoms with Crippen molar-refractivity contribution >= 4 is 28.2 Å². The van der Waals surface area contributed by atoms with E-state index in [0.29, 0.717) is 6.54 Å². The lowest BCUT2D eigenvalue weighted by Crippen LogP contribution is -2.32. The quantitative estimate of drug-likeness (QED) is 0.509. The van der Waals surface area contributed by atoms with Crippen LogP contribution in [-0.4, -0.2) is 26.5 Å². The molecule has 0 saturated carbocycles. The molecule has 0 radical (unpaired) electrons. The number of fused-ring (bicyclic) bond motifs is 2. The maximum Gasteiger partial charge on any atom is 0.134 e. The Labute approximate surface area is 175 Å². The minimum atomic E-state index is 0.655. The molecule has 0 amide bonds. The number of aromatic nitrogens is 4. The van der Waals surface area contributed by atoms with Gasteiger partial charge in [0.25, 0.3) is 0 Å². The summed E-state index contributed by atoms with van der Waals surface area (Å²) in [6.45, 7) is 4.33. The number of hydrogen-bond acceptors (Lipinski definition) is 7. The fraction of sp³-hybridized carbons (Fsp3) is 0.217. The molecule has 5 rings (SSSR count). The highest BCUT2D eigenvalue weighted by Crippen LogP contribution is 2.31. The van der Waals surface area contributed by atoms with Gasteiger partial charge in [-0.1, -0.05) is 12.1 Å². The normalized spacial score (nSPS) is 13.3. The Hall–Kier alpha value is -3.74. The first kappa shape index (κ1) is 18.3. The number of anilines is 3. The van der Waals surface area contributed by atoms with Crippen molar-refractivity contribution in [3.8, 4) is 0 Å². The van der Waals surface area contributed by atoms with Gasteiger partial charge in [-0.3, -0.25) is 9.97 Å². The number of hydrogen-bond donors (Lipinski definition) is 2. The molecule has 1 aliphatic rings. The van der Waals surface area contributed by atoms with Gasteiger partial charge in [0, 0.05) is 44.0 Å². The average Bonchev–Trinajstić information content (AvgIpc) is 2.77. The molecule has 1 aliphatic heterocycles. The van der Waals surface area contributed by atoms with Gasteiger partial charge < -0.3 is 16.0 Å². The Balaban J connectivity index is 1.38.